The van der Waals surface area contributed by atoms with Crippen LogP contribution in [0.2, 0.25) is 0 Å². The van der Waals surface area contributed by atoms with Crippen LogP contribution >= 0.6 is 0 Å². The highest BCUT2D eigenvalue weighted by Gasteiger charge is 2.49. The molecular weight excluding hydrogens is 520 g/mol. The monoisotopic (exact) mass is 542 g/mol. The van der Waals surface area contributed by atoms with Gasteiger partial charge in [0.1, 0.15) is 23.0 Å². The molecule has 0 bridgehead atoms. The van der Waals surface area contributed by atoms with Crippen LogP contribution in [0.3, 0.4) is 0 Å². The Hall–Kier alpha value is -3.24. The predicted molar refractivity (Wildman–Crippen MR) is 124 cm³/mol. The van der Waals surface area contributed by atoms with E-state index in [0.29, 0.717) is 35.8 Å². The molecule has 2 atom stereocenters. The third kappa shape index (κ3) is 6.24. The van der Waals surface area contributed by atoms with Gasteiger partial charge in [-0.05, 0) is 60.2 Å². The maximum atomic E-state index is 14.9. The predicted octanol–water partition coefficient (Wildman–Crippen LogP) is 9.07. The average Bonchev–Trinajstić information content (AvgIpc) is 2.82. The summed E-state index contributed by atoms with van der Waals surface area (Å²) in [5, 5.41) is 0. The van der Waals surface area contributed by atoms with Gasteiger partial charge in [0.15, 0.2) is 0 Å². The van der Waals surface area contributed by atoms with Gasteiger partial charge in [0, 0.05) is 11.5 Å². The Bertz CT molecular complexity index is 1280. The Balaban J connectivity index is 1.54. The maximum absolute atomic E-state index is 14.9. The molecular formula is C28H22F8O2. The van der Waals surface area contributed by atoms with Crippen molar-refractivity contribution in [1.82, 2.24) is 0 Å². The number of allylic oxidation sites excluding steroid dienone is 1. The molecule has 3 aromatic carbocycles. The Morgan fingerprint density at radius 2 is 1.39 bits per heavy atom. The quantitative estimate of drug-likeness (QED) is 0.229. The maximum Gasteiger partial charge on any atom is 0.527 e. The minimum atomic E-state index is -5.85. The van der Waals surface area contributed by atoms with Gasteiger partial charge in [0.25, 0.3) is 0 Å². The minimum absolute atomic E-state index is 0.0497. The van der Waals surface area contributed by atoms with E-state index in [4.69, 9.17) is 4.74 Å². The standard InChI is InChI=1S/C28H22F8O2/c1-2-3-16-4-11-25(37-15-16)18-7-5-17(6-8-18)19-9-10-21(22(29)12-19)20-13-23(30)26(24(31)14-20)27(32,33)38-28(34,35)36/h2-3,5-10,12-14,16,25H,4,11,15H2,1H3/b3-2+. The van der Waals surface area contributed by atoms with Gasteiger partial charge in [-0.15, -0.1) is 13.2 Å². The summed E-state index contributed by atoms with van der Waals surface area (Å²) in [6, 6.07) is 11.7. The molecule has 202 valence electrons. The molecule has 0 N–H and O–H groups in total. The number of halogens is 8. The molecule has 2 unspecified atom stereocenters. The SMILES string of the molecule is C/C=C/C1CCC(c2ccc(-c3ccc(-c4cc(F)c(C(F)(F)OC(F)(F)F)c(F)c4)c(F)c3)cc2)OC1. The fraction of sp³-hybridized carbons (Fsp3) is 0.286. The van der Waals surface area contributed by atoms with Crippen LogP contribution in [0.1, 0.15) is 37.0 Å². The van der Waals surface area contributed by atoms with Crippen LogP contribution in [0.25, 0.3) is 22.3 Å². The summed E-state index contributed by atoms with van der Waals surface area (Å²) in [7, 11) is 0. The third-order valence-electron chi connectivity index (χ3n) is 6.25. The summed E-state index contributed by atoms with van der Waals surface area (Å²) in [5.74, 6) is -4.56. The van der Waals surface area contributed by atoms with E-state index in [9.17, 15) is 35.1 Å². The molecule has 0 saturated carbocycles. The lowest BCUT2D eigenvalue weighted by molar-refractivity contribution is -0.432. The molecule has 4 rings (SSSR count). The molecule has 0 aromatic heterocycles. The highest BCUT2D eigenvalue weighted by Crippen LogP contribution is 2.41. The van der Waals surface area contributed by atoms with Crippen LogP contribution in [-0.4, -0.2) is 13.0 Å². The first-order valence-electron chi connectivity index (χ1n) is 11.7. The Morgan fingerprint density at radius 1 is 0.789 bits per heavy atom. The summed E-state index contributed by atoms with van der Waals surface area (Å²) in [6.45, 7) is 2.59. The summed E-state index contributed by atoms with van der Waals surface area (Å²) >= 11 is 0. The van der Waals surface area contributed by atoms with E-state index >= 15 is 0 Å². The van der Waals surface area contributed by atoms with Crippen molar-refractivity contribution in [3.8, 4) is 22.3 Å². The second kappa shape index (κ2) is 10.9. The lowest BCUT2D eigenvalue weighted by Gasteiger charge is -2.27. The number of benzene rings is 3. The molecule has 10 heteroatoms. The van der Waals surface area contributed by atoms with Crippen molar-refractivity contribution in [1.29, 1.82) is 0 Å². The second-order valence-corrected chi connectivity index (χ2v) is 8.88. The van der Waals surface area contributed by atoms with Gasteiger partial charge in [-0.3, -0.25) is 0 Å². The molecule has 0 aliphatic carbocycles. The molecule has 0 amide bonds. The fourth-order valence-corrected chi connectivity index (χ4v) is 4.48. The lowest BCUT2D eigenvalue weighted by Crippen LogP contribution is -2.29. The van der Waals surface area contributed by atoms with E-state index in [-0.39, 0.29) is 11.7 Å². The van der Waals surface area contributed by atoms with Gasteiger partial charge >= 0.3 is 12.5 Å². The molecule has 3 aromatic rings. The zero-order valence-electron chi connectivity index (χ0n) is 20.0. The normalized spacial score (nSPS) is 18.8. The van der Waals surface area contributed by atoms with E-state index in [1.165, 1.54) is 12.1 Å². The summed E-state index contributed by atoms with van der Waals surface area (Å²) < 4.78 is 116. The van der Waals surface area contributed by atoms with Crippen molar-refractivity contribution >= 4 is 0 Å². The van der Waals surface area contributed by atoms with Gasteiger partial charge < -0.3 is 4.74 Å². The van der Waals surface area contributed by atoms with Crippen molar-refractivity contribution in [2.24, 2.45) is 5.92 Å². The first-order chi connectivity index (χ1) is 17.9. The van der Waals surface area contributed by atoms with Crippen LogP contribution in [0.4, 0.5) is 35.1 Å². The fourth-order valence-electron chi connectivity index (χ4n) is 4.48. The van der Waals surface area contributed by atoms with Crippen molar-refractivity contribution < 1.29 is 44.6 Å². The number of rotatable bonds is 6. The molecule has 0 radical (unpaired) electrons. The van der Waals surface area contributed by atoms with Gasteiger partial charge in [-0.2, -0.15) is 8.78 Å². The molecule has 1 aliphatic heterocycles. The largest absolute Gasteiger partial charge is 0.527 e. The average molecular weight is 542 g/mol. The number of hydrogen-bond donors (Lipinski definition) is 0. The smallest absolute Gasteiger partial charge is 0.373 e. The molecule has 2 nitrogen and oxygen atoms in total. The van der Waals surface area contributed by atoms with Crippen molar-refractivity contribution in [2.75, 3.05) is 6.61 Å². The molecule has 1 aliphatic rings. The summed E-state index contributed by atoms with van der Waals surface area (Å²) in [4.78, 5) is 0. The molecule has 1 saturated heterocycles. The summed E-state index contributed by atoms with van der Waals surface area (Å²) in [5.41, 5.74) is -0.966. The number of alkyl halides is 5. The van der Waals surface area contributed by atoms with Crippen LogP contribution in [-0.2, 0) is 15.6 Å². The molecule has 1 fully saturated rings. The molecule has 38 heavy (non-hydrogen) atoms. The van der Waals surface area contributed by atoms with Crippen molar-refractivity contribution in [2.45, 2.75) is 38.3 Å². The van der Waals surface area contributed by atoms with Gasteiger partial charge in [-0.25, -0.2) is 17.9 Å². The third-order valence-corrected chi connectivity index (χ3v) is 6.25. The number of ether oxygens (including phenoxy) is 2. The van der Waals surface area contributed by atoms with Gasteiger partial charge in [-0.1, -0.05) is 48.6 Å². The van der Waals surface area contributed by atoms with Gasteiger partial charge in [0.05, 0.1) is 12.7 Å². The highest BCUT2D eigenvalue weighted by molar-refractivity contribution is 5.71. The minimum Gasteiger partial charge on any atom is -0.373 e. The number of hydrogen-bond acceptors (Lipinski definition) is 2. The lowest BCUT2D eigenvalue weighted by atomic mass is 9.93. The van der Waals surface area contributed by atoms with E-state index in [1.54, 1.807) is 12.1 Å². The van der Waals surface area contributed by atoms with E-state index in [0.717, 1.165) is 24.5 Å². The Labute approximate surface area is 213 Å². The topological polar surface area (TPSA) is 18.5 Å². The van der Waals surface area contributed by atoms with Crippen molar-refractivity contribution in [3.05, 3.63) is 95.3 Å². The van der Waals surface area contributed by atoms with Crippen LogP contribution in [0.15, 0.2) is 66.7 Å². The zero-order chi connectivity index (χ0) is 27.7. The molecule has 1 heterocycles. The summed E-state index contributed by atoms with van der Waals surface area (Å²) in [6.07, 6.45) is -5.24. The Morgan fingerprint density at radius 3 is 1.92 bits per heavy atom. The highest BCUT2D eigenvalue weighted by atomic mass is 19.4. The van der Waals surface area contributed by atoms with E-state index in [2.05, 4.69) is 10.8 Å². The molecule has 0 spiro atoms. The Kier molecular flexibility index (Phi) is 7.94. The van der Waals surface area contributed by atoms with Crippen LogP contribution in [0.5, 0.6) is 0 Å². The van der Waals surface area contributed by atoms with Gasteiger partial charge in [0.2, 0.25) is 0 Å². The van der Waals surface area contributed by atoms with Crippen LogP contribution in [0, 0.1) is 23.4 Å². The first kappa shape index (κ1) is 27.8. The van der Waals surface area contributed by atoms with Crippen LogP contribution < -0.4 is 0 Å². The zero-order valence-corrected chi connectivity index (χ0v) is 20.0. The van der Waals surface area contributed by atoms with E-state index < -0.39 is 41.0 Å². The van der Waals surface area contributed by atoms with Crippen molar-refractivity contribution in [3.63, 3.8) is 0 Å². The van der Waals surface area contributed by atoms with E-state index in [1.807, 2.05) is 25.1 Å². The second-order valence-electron chi connectivity index (χ2n) is 8.88. The first-order valence-corrected chi connectivity index (χ1v) is 11.7.